The molecule has 10 heteroatoms. The third-order valence-corrected chi connectivity index (χ3v) is 5.18. The van der Waals surface area contributed by atoms with Gasteiger partial charge in [0.2, 0.25) is 5.89 Å². The lowest BCUT2D eigenvalue weighted by Crippen LogP contribution is -2.20. The summed E-state index contributed by atoms with van der Waals surface area (Å²) in [4.78, 5) is 16.9. The number of thiol groups is 1. The van der Waals surface area contributed by atoms with Gasteiger partial charge in [-0.2, -0.15) is 12.6 Å². The zero-order valence-electron chi connectivity index (χ0n) is 16.1. The van der Waals surface area contributed by atoms with Crippen molar-refractivity contribution in [2.24, 2.45) is 5.16 Å². The minimum absolute atomic E-state index is 0.0106. The Morgan fingerprint density at radius 1 is 1.17 bits per heavy atom. The molecule has 0 N–H and O–H groups in total. The van der Waals surface area contributed by atoms with Crippen LogP contribution in [0.15, 0.2) is 58.1 Å². The summed E-state index contributed by atoms with van der Waals surface area (Å²) in [5.41, 5.74) is 1.13. The molecule has 30 heavy (non-hydrogen) atoms. The predicted molar refractivity (Wildman–Crippen MR) is 121 cm³/mol. The zero-order chi connectivity index (χ0) is 21.5. The number of carbonyl (C=O) groups is 1. The first-order valence-corrected chi connectivity index (χ1v) is 10.3. The Labute approximate surface area is 192 Å². The van der Waals surface area contributed by atoms with Gasteiger partial charge >= 0.3 is 5.97 Å². The number of hydrogen-bond acceptors (Lipinski definition) is 9. The van der Waals surface area contributed by atoms with E-state index < -0.39 is 11.2 Å². The van der Waals surface area contributed by atoms with Gasteiger partial charge < -0.3 is 18.7 Å². The van der Waals surface area contributed by atoms with Gasteiger partial charge in [-0.3, -0.25) is 0 Å². The summed E-state index contributed by atoms with van der Waals surface area (Å²) in [7, 11) is 2.62. The van der Waals surface area contributed by atoms with Crippen LogP contribution in [0.1, 0.15) is 28.2 Å². The number of hydrogen-bond donors (Lipinski definition) is 1. The molecule has 1 unspecified atom stereocenters. The molecule has 1 atom stereocenters. The molecule has 0 fully saturated rings. The van der Waals surface area contributed by atoms with Crippen LogP contribution >= 0.6 is 35.2 Å². The van der Waals surface area contributed by atoms with Crippen LogP contribution in [0.25, 0.3) is 0 Å². The van der Waals surface area contributed by atoms with Gasteiger partial charge in [0.1, 0.15) is 18.1 Å². The van der Waals surface area contributed by atoms with Crippen molar-refractivity contribution in [3.8, 4) is 5.75 Å². The Bertz CT molecular complexity index is 1040. The molecule has 0 amide bonds. The van der Waals surface area contributed by atoms with E-state index >= 15 is 0 Å². The predicted octanol–water partition coefficient (Wildman–Crippen LogP) is 3.80. The van der Waals surface area contributed by atoms with Gasteiger partial charge in [-0.05, 0) is 52.4 Å². The molecule has 8 nitrogen and oxygen atoms in total. The van der Waals surface area contributed by atoms with Gasteiger partial charge in [0.25, 0.3) is 5.89 Å². The summed E-state index contributed by atoms with van der Waals surface area (Å²) in [5, 5.41) is 11.3. The SMILES string of the molecule is CON=C(C(=O)OC)c1ccccc1C(S)c1nnc(COc2ccc(I)cc2)o1. The topological polar surface area (TPSA) is 96.0 Å². The fraction of sp³-hybridized carbons (Fsp3) is 0.200. The molecule has 0 saturated carbocycles. The number of ether oxygens (including phenoxy) is 2. The number of benzene rings is 2. The van der Waals surface area contributed by atoms with Crippen LogP contribution in [0.4, 0.5) is 0 Å². The molecule has 0 aliphatic heterocycles. The molecule has 0 bridgehead atoms. The van der Waals surface area contributed by atoms with Crippen molar-refractivity contribution in [1.82, 2.24) is 10.2 Å². The summed E-state index contributed by atoms with van der Waals surface area (Å²) in [6, 6.07) is 14.7. The summed E-state index contributed by atoms with van der Waals surface area (Å²) in [6.45, 7) is 0.119. The maximum atomic E-state index is 12.1. The van der Waals surface area contributed by atoms with E-state index in [4.69, 9.17) is 18.7 Å². The summed E-state index contributed by atoms with van der Waals surface area (Å²) in [5.74, 6) is 0.621. The smallest absolute Gasteiger partial charge is 0.360 e. The van der Waals surface area contributed by atoms with Crippen molar-refractivity contribution >= 4 is 46.9 Å². The van der Waals surface area contributed by atoms with Crippen molar-refractivity contribution in [2.75, 3.05) is 14.2 Å². The van der Waals surface area contributed by atoms with Crippen molar-refractivity contribution in [1.29, 1.82) is 0 Å². The number of esters is 1. The van der Waals surface area contributed by atoms with Crippen molar-refractivity contribution in [3.05, 3.63) is 75.0 Å². The number of oxime groups is 1. The van der Waals surface area contributed by atoms with E-state index in [-0.39, 0.29) is 18.2 Å². The van der Waals surface area contributed by atoms with Gasteiger partial charge in [-0.25, -0.2) is 4.79 Å². The normalized spacial score (nSPS) is 12.3. The second-order valence-electron chi connectivity index (χ2n) is 5.88. The van der Waals surface area contributed by atoms with Gasteiger partial charge in [-0.1, -0.05) is 29.4 Å². The lowest BCUT2D eigenvalue weighted by atomic mass is 10.00. The minimum atomic E-state index is -0.637. The molecule has 2 aromatic carbocycles. The van der Waals surface area contributed by atoms with Crippen molar-refractivity contribution in [2.45, 2.75) is 11.9 Å². The van der Waals surface area contributed by atoms with Crippen molar-refractivity contribution < 1.29 is 23.5 Å². The number of nitrogens with zero attached hydrogens (tertiary/aromatic N) is 3. The molecule has 3 rings (SSSR count). The first kappa shape index (κ1) is 22.1. The molecule has 3 aromatic rings. The molecule has 0 radical (unpaired) electrons. The van der Waals surface area contributed by atoms with E-state index in [0.717, 1.165) is 3.57 Å². The lowest BCUT2D eigenvalue weighted by Gasteiger charge is -2.13. The molecule has 0 spiro atoms. The molecule has 156 valence electrons. The summed E-state index contributed by atoms with van der Waals surface area (Å²) < 4.78 is 17.3. The summed E-state index contributed by atoms with van der Waals surface area (Å²) >= 11 is 6.84. The molecule has 0 aliphatic carbocycles. The molecular formula is C20H18IN3O5S. The quantitative estimate of drug-likeness (QED) is 0.153. The number of aromatic nitrogens is 2. The fourth-order valence-corrected chi connectivity index (χ4v) is 3.27. The first-order chi connectivity index (χ1) is 14.5. The second kappa shape index (κ2) is 10.4. The molecule has 1 heterocycles. The molecule has 0 aliphatic rings. The first-order valence-electron chi connectivity index (χ1n) is 8.71. The van der Waals surface area contributed by atoms with Crippen LogP contribution in [-0.4, -0.2) is 36.1 Å². The van der Waals surface area contributed by atoms with Crippen LogP contribution < -0.4 is 4.74 Å². The monoisotopic (exact) mass is 539 g/mol. The van der Waals surface area contributed by atoms with Gasteiger partial charge in [0.05, 0.1) is 7.11 Å². The lowest BCUT2D eigenvalue weighted by molar-refractivity contribution is -0.132. The minimum Gasteiger partial charge on any atom is -0.484 e. The number of rotatable bonds is 8. The molecule has 1 aromatic heterocycles. The Kier molecular flexibility index (Phi) is 7.69. The van der Waals surface area contributed by atoms with Crippen LogP contribution in [0.5, 0.6) is 5.75 Å². The largest absolute Gasteiger partial charge is 0.484 e. The highest BCUT2D eigenvalue weighted by atomic mass is 127. The number of carbonyl (C=O) groups excluding carboxylic acids is 1. The number of methoxy groups -OCH3 is 1. The fourth-order valence-electron chi connectivity index (χ4n) is 2.58. The maximum absolute atomic E-state index is 12.1. The average Bonchev–Trinajstić information content (AvgIpc) is 3.25. The zero-order valence-corrected chi connectivity index (χ0v) is 19.2. The Morgan fingerprint density at radius 2 is 1.90 bits per heavy atom. The van der Waals surface area contributed by atoms with E-state index in [2.05, 4.69) is 50.6 Å². The van der Waals surface area contributed by atoms with Crippen LogP contribution in [-0.2, 0) is 21.0 Å². The third-order valence-electron chi connectivity index (χ3n) is 3.96. The van der Waals surface area contributed by atoms with Crippen LogP contribution in [0, 0.1) is 3.57 Å². The number of halogens is 1. The second-order valence-corrected chi connectivity index (χ2v) is 7.64. The molecule has 0 saturated heterocycles. The summed E-state index contributed by atoms with van der Waals surface area (Å²) in [6.07, 6.45) is 0. The average molecular weight is 539 g/mol. The van der Waals surface area contributed by atoms with E-state index in [1.54, 1.807) is 24.3 Å². The van der Waals surface area contributed by atoms with Gasteiger partial charge in [0.15, 0.2) is 12.3 Å². The standard InChI is InChI=1S/C20H18IN3O5S/c1-26-20(25)17(24-27-2)14-5-3-4-6-15(14)18(30)19-23-22-16(29-19)11-28-13-9-7-12(21)8-10-13/h3-10,18,30H,11H2,1-2H3. The Hall–Kier alpha value is -2.60. The van der Waals surface area contributed by atoms with Gasteiger partial charge in [-0.15, -0.1) is 10.2 Å². The maximum Gasteiger partial charge on any atom is 0.360 e. The van der Waals surface area contributed by atoms with Gasteiger partial charge in [0, 0.05) is 9.13 Å². The van der Waals surface area contributed by atoms with E-state index in [1.165, 1.54) is 14.2 Å². The van der Waals surface area contributed by atoms with Crippen LogP contribution in [0.2, 0.25) is 0 Å². The van der Waals surface area contributed by atoms with E-state index in [9.17, 15) is 4.79 Å². The van der Waals surface area contributed by atoms with Crippen molar-refractivity contribution in [3.63, 3.8) is 0 Å². The Morgan fingerprint density at radius 3 is 2.60 bits per heavy atom. The Balaban J connectivity index is 1.80. The third kappa shape index (κ3) is 5.30. The molecular weight excluding hydrogens is 521 g/mol. The highest BCUT2D eigenvalue weighted by Gasteiger charge is 2.25. The van der Waals surface area contributed by atoms with Crippen LogP contribution in [0.3, 0.4) is 0 Å². The van der Waals surface area contributed by atoms with E-state index in [1.807, 2.05) is 24.3 Å². The van der Waals surface area contributed by atoms with E-state index in [0.29, 0.717) is 22.8 Å². The highest BCUT2D eigenvalue weighted by molar-refractivity contribution is 14.1. The highest BCUT2D eigenvalue weighted by Crippen LogP contribution is 2.30.